The quantitative estimate of drug-likeness (QED) is 0.904. The van der Waals surface area contributed by atoms with Crippen molar-refractivity contribution in [1.29, 1.82) is 0 Å². The Labute approximate surface area is 119 Å². The van der Waals surface area contributed by atoms with E-state index in [1.807, 2.05) is 13.0 Å². The molecule has 1 aliphatic heterocycles. The van der Waals surface area contributed by atoms with Gasteiger partial charge in [0.25, 0.3) is 0 Å². The number of benzene rings is 1. The van der Waals surface area contributed by atoms with E-state index < -0.39 is 0 Å². The average Bonchev–Trinajstić information content (AvgIpc) is 2.46. The molecule has 20 heavy (non-hydrogen) atoms. The first-order valence-electron chi connectivity index (χ1n) is 7.60. The van der Waals surface area contributed by atoms with Crippen LogP contribution in [-0.4, -0.2) is 25.3 Å². The zero-order valence-corrected chi connectivity index (χ0v) is 12.0. The number of nitrogens with two attached hydrogens (primary N) is 1. The molecule has 3 unspecified atom stereocenters. The highest BCUT2D eigenvalue weighted by Crippen LogP contribution is 2.35. The highest BCUT2D eigenvalue weighted by Gasteiger charge is 2.35. The second kappa shape index (κ2) is 5.70. The van der Waals surface area contributed by atoms with E-state index in [0.717, 1.165) is 37.2 Å². The van der Waals surface area contributed by atoms with Crippen molar-refractivity contribution in [1.82, 2.24) is 0 Å². The zero-order chi connectivity index (χ0) is 14.1. The molecule has 2 N–H and O–H groups in total. The van der Waals surface area contributed by atoms with Gasteiger partial charge in [-0.25, -0.2) is 4.39 Å². The lowest BCUT2D eigenvalue weighted by molar-refractivity contribution is -0.00875. The van der Waals surface area contributed by atoms with E-state index in [2.05, 4.69) is 4.90 Å². The van der Waals surface area contributed by atoms with Gasteiger partial charge in [-0.15, -0.1) is 0 Å². The van der Waals surface area contributed by atoms with Crippen LogP contribution < -0.4 is 10.6 Å². The first kappa shape index (κ1) is 13.8. The number of ether oxygens (including phenoxy) is 1. The molecule has 4 heteroatoms. The van der Waals surface area contributed by atoms with Crippen molar-refractivity contribution in [2.75, 3.05) is 18.1 Å². The molecule has 0 amide bonds. The molecular weight excluding hydrogens is 255 g/mol. The molecule has 3 rings (SSSR count). The number of nitrogens with zero attached hydrogens (tertiary/aromatic N) is 1. The first-order valence-corrected chi connectivity index (χ1v) is 7.60. The fourth-order valence-electron chi connectivity index (χ4n) is 3.55. The number of rotatable bonds is 2. The Morgan fingerprint density at radius 3 is 2.95 bits per heavy atom. The van der Waals surface area contributed by atoms with Crippen LogP contribution in [0.5, 0.6) is 0 Å². The summed E-state index contributed by atoms with van der Waals surface area (Å²) in [5.74, 6) is -0.213. The Kier molecular flexibility index (Phi) is 3.94. The zero-order valence-electron chi connectivity index (χ0n) is 12.0. The lowest BCUT2D eigenvalue weighted by Crippen LogP contribution is -2.53. The fourth-order valence-corrected chi connectivity index (χ4v) is 3.55. The maximum Gasteiger partial charge on any atom is 0.123 e. The molecular formula is C16H23FN2O. The average molecular weight is 278 g/mol. The molecule has 0 aromatic heterocycles. The van der Waals surface area contributed by atoms with Gasteiger partial charge in [0.2, 0.25) is 0 Å². The topological polar surface area (TPSA) is 38.5 Å². The Hall–Kier alpha value is -1.13. The molecule has 2 fully saturated rings. The third-order valence-electron chi connectivity index (χ3n) is 4.52. The molecule has 1 aromatic rings. The molecule has 1 saturated heterocycles. The highest BCUT2D eigenvalue weighted by atomic mass is 19.1. The highest BCUT2D eigenvalue weighted by molar-refractivity contribution is 5.56. The Balaban J connectivity index is 1.94. The van der Waals surface area contributed by atoms with Crippen LogP contribution in [0.1, 0.15) is 44.2 Å². The molecule has 0 radical (unpaired) electrons. The summed E-state index contributed by atoms with van der Waals surface area (Å²) >= 11 is 0. The first-order chi connectivity index (χ1) is 9.66. The molecule has 1 saturated carbocycles. The van der Waals surface area contributed by atoms with Crippen molar-refractivity contribution in [2.24, 2.45) is 5.73 Å². The van der Waals surface area contributed by atoms with E-state index >= 15 is 0 Å². The Bertz CT molecular complexity index is 476. The molecule has 3 atom stereocenters. The Morgan fingerprint density at radius 1 is 1.35 bits per heavy atom. The monoisotopic (exact) mass is 278 g/mol. The number of anilines is 1. The van der Waals surface area contributed by atoms with Gasteiger partial charge in [0.15, 0.2) is 0 Å². The summed E-state index contributed by atoms with van der Waals surface area (Å²) < 4.78 is 19.4. The lowest BCUT2D eigenvalue weighted by Gasteiger charge is -2.46. The third kappa shape index (κ3) is 2.54. The minimum atomic E-state index is -0.213. The number of fused-ring (bicyclic) bond motifs is 1. The van der Waals surface area contributed by atoms with Gasteiger partial charge in [-0.05, 0) is 43.5 Å². The molecule has 1 heterocycles. The normalized spacial score (nSPS) is 28.1. The van der Waals surface area contributed by atoms with Gasteiger partial charge in [0.1, 0.15) is 5.82 Å². The van der Waals surface area contributed by atoms with Crippen molar-refractivity contribution in [2.45, 2.75) is 50.8 Å². The van der Waals surface area contributed by atoms with Gasteiger partial charge in [0, 0.05) is 18.3 Å². The van der Waals surface area contributed by atoms with Crippen LogP contribution in [0.15, 0.2) is 18.2 Å². The molecule has 3 nitrogen and oxygen atoms in total. The van der Waals surface area contributed by atoms with Crippen molar-refractivity contribution in [3.63, 3.8) is 0 Å². The lowest BCUT2D eigenvalue weighted by atomic mass is 9.89. The Morgan fingerprint density at radius 2 is 2.15 bits per heavy atom. The predicted octanol–water partition coefficient (Wildman–Crippen LogP) is 2.99. The maximum atomic E-state index is 13.5. The summed E-state index contributed by atoms with van der Waals surface area (Å²) in [6, 6.07) is 5.25. The van der Waals surface area contributed by atoms with Gasteiger partial charge in [-0.2, -0.15) is 0 Å². The minimum Gasteiger partial charge on any atom is -0.374 e. The van der Waals surface area contributed by atoms with E-state index in [4.69, 9.17) is 10.5 Å². The van der Waals surface area contributed by atoms with Crippen molar-refractivity contribution < 1.29 is 9.13 Å². The van der Waals surface area contributed by atoms with Crippen LogP contribution in [0.25, 0.3) is 0 Å². The fraction of sp³-hybridized carbons (Fsp3) is 0.625. The number of morpholine rings is 1. The molecule has 110 valence electrons. The summed E-state index contributed by atoms with van der Waals surface area (Å²) in [5.41, 5.74) is 8.02. The van der Waals surface area contributed by atoms with E-state index in [0.29, 0.717) is 12.1 Å². The smallest absolute Gasteiger partial charge is 0.123 e. The summed E-state index contributed by atoms with van der Waals surface area (Å²) in [7, 11) is 0. The van der Waals surface area contributed by atoms with Crippen LogP contribution >= 0.6 is 0 Å². The third-order valence-corrected chi connectivity index (χ3v) is 4.52. The largest absolute Gasteiger partial charge is 0.374 e. The minimum absolute atomic E-state index is 0.161. The van der Waals surface area contributed by atoms with Gasteiger partial charge in [-0.1, -0.05) is 12.8 Å². The van der Waals surface area contributed by atoms with Gasteiger partial charge in [-0.3, -0.25) is 0 Å². The maximum absolute atomic E-state index is 13.5. The summed E-state index contributed by atoms with van der Waals surface area (Å²) in [6.07, 6.45) is 5.11. The predicted molar refractivity (Wildman–Crippen MR) is 78.3 cm³/mol. The van der Waals surface area contributed by atoms with Crippen LogP contribution in [0.3, 0.4) is 0 Å². The van der Waals surface area contributed by atoms with Gasteiger partial charge in [0.05, 0.1) is 18.8 Å². The van der Waals surface area contributed by atoms with E-state index in [9.17, 15) is 4.39 Å². The van der Waals surface area contributed by atoms with Crippen LogP contribution in [0.4, 0.5) is 10.1 Å². The molecule has 0 spiro atoms. The van der Waals surface area contributed by atoms with Crippen molar-refractivity contribution >= 4 is 5.69 Å². The second-order valence-electron chi connectivity index (χ2n) is 5.95. The van der Waals surface area contributed by atoms with Crippen LogP contribution in [0, 0.1) is 5.82 Å². The second-order valence-corrected chi connectivity index (χ2v) is 5.95. The van der Waals surface area contributed by atoms with E-state index in [1.165, 1.54) is 18.9 Å². The van der Waals surface area contributed by atoms with Crippen molar-refractivity contribution in [3.05, 3.63) is 29.6 Å². The summed E-state index contributed by atoms with van der Waals surface area (Å²) in [6.45, 7) is 3.53. The van der Waals surface area contributed by atoms with E-state index in [1.54, 1.807) is 6.07 Å². The summed E-state index contributed by atoms with van der Waals surface area (Å²) in [5, 5.41) is 0. The number of halogens is 1. The standard InChI is InChI=1S/C16H23FN2O/c1-11(18)13-10-12(17)6-7-14(13)19-8-9-20-16-5-3-2-4-15(16)19/h6-7,10-11,15-16H,2-5,8-9,18H2,1H3. The molecule has 1 aromatic carbocycles. The SMILES string of the molecule is CC(N)c1cc(F)ccc1N1CCOC2CCCCC21. The number of hydrogen-bond donors (Lipinski definition) is 1. The van der Waals surface area contributed by atoms with E-state index in [-0.39, 0.29) is 11.9 Å². The molecule has 2 aliphatic rings. The number of hydrogen-bond acceptors (Lipinski definition) is 3. The van der Waals surface area contributed by atoms with Crippen LogP contribution in [-0.2, 0) is 4.74 Å². The van der Waals surface area contributed by atoms with Crippen LogP contribution in [0.2, 0.25) is 0 Å². The molecule has 0 bridgehead atoms. The molecule has 1 aliphatic carbocycles. The summed E-state index contributed by atoms with van der Waals surface area (Å²) in [4.78, 5) is 2.39. The van der Waals surface area contributed by atoms with Gasteiger partial charge >= 0.3 is 0 Å². The van der Waals surface area contributed by atoms with Gasteiger partial charge < -0.3 is 15.4 Å². The van der Waals surface area contributed by atoms with Crippen molar-refractivity contribution in [3.8, 4) is 0 Å².